The largest absolute Gasteiger partial charge is 0.495 e. The van der Waals surface area contributed by atoms with Crippen LogP contribution >= 0.6 is 46.6 Å². The summed E-state index contributed by atoms with van der Waals surface area (Å²) in [6, 6.07) is 16.9. The first-order valence-electron chi connectivity index (χ1n) is 8.98. The Kier molecular flexibility index (Phi) is 8.09. The van der Waals surface area contributed by atoms with Gasteiger partial charge in [-0.25, -0.2) is 0 Å². The Balaban J connectivity index is 1.52. The van der Waals surface area contributed by atoms with Gasteiger partial charge >= 0.3 is 0 Å². The standard InChI is InChI=1S/C22H17Cl3N2O3S/c1-30-20-9-5-15(11-19(20)25)26-21(28)12-31-16-6-3-14(4-7-16)27-22(29)17-8-2-13(23)10-18(17)24/h2-11H,12H2,1H3,(H,26,28)(H,27,29). The van der Waals surface area contributed by atoms with Gasteiger partial charge in [0, 0.05) is 21.3 Å². The van der Waals surface area contributed by atoms with Crippen molar-refractivity contribution in [1.29, 1.82) is 0 Å². The summed E-state index contributed by atoms with van der Waals surface area (Å²) in [7, 11) is 1.53. The minimum atomic E-state index is -0.334. The van der Waals surface area contributed by atoms with Gasteiger partial charge in [0.05, 0.1) is 28.5 Å². The molecule has 0 aromatic heterocycles. The first kappa shape index (κ1) is 23.3. The lowest BCUT2D eigenvalue weighted by Crippen LogP contribution is -2.14. The van der Waals surface area contributed by atoms with E-state index in [1.165, 1.54) is 24.9 Å². The summed E-state index contributed by atoms with van der Waals surface area (Å²) in [5.41, 5.74) is 1.54. The van der Waals surface area contributed by atoms with E-state index in [1.807, 2.05) is 12.1 Å². The number of anilines is 2. The molecule has 3 aromatic carbocycles. The summed E-state index contributed by atoms with van der Waals surface area (Å²) in [6.07, 6.45) is 0. The van der Waals surface area contributed by atoms with Crippen molar-refractivity contribution >= 4 is 69.8 Å². The van der Waals surface area contributed by atoms with Crippen LogP contribution in [0, 0.1) is 0 Å². The molecule has 9 heteroatoms. The van der Waals surface area contributed by atoms with Crippen molar-refractivity contribution in [3.05, 3.63) is 81.3 Å². The molecule has 0 bridgehead atoms. The fourth-order valence-electron chi connectivity index (χ4n) is 2.60. The van der Waals surface area contributed by atoms with Crippen LogP contribution in [-0.4, -0.2) is 24.7 Å². The SMILES string of the molecule is COc1ccc(NC(=O)CSc2ccc(NC(=O)c3ccc(Cl)cc3Cl)cc2)cc1Cl. The molecule has 3 rings (SSSR count). The number of amides is 2. The van der Waals surface area contributed by atoms with Gasteiger partial charge in [-0.15, -0.1) is 11.8 Å². The minimum absolute atomic E-state index is 0.166. The number of rotatable bonds is 7. The maximum atomic E-state index is 12.4. The molecule has 2 amide bonds. The number of benzene rings is 3. The molecular formula is C22H17Cl3N2O3S. The lowest BCUT2D eigenvalue weighted by atomic mass is 10.2. The van der Waals surface area contributed by atoms with Crippen molar-refractivity contribution in [2.75, 3.05) is 23.5 Å². The van der Waals surface area contributed by atoms with E-state index in [1.54, 1.807) is 42.5 Å². The highest BCUT2D eigenvalue weighted by Gasteiger charge is 2.11. The Bertz CT molecular complexity index is 1110. The van der Waals surface area contributed by atoms with Crippen LogP contribution in [0.5, 0.6) is 5.75 Å². The third kappa shape index (κ3) is 6.55. The molecule has 0 heterocycles. The second kappa shape index (κ2) is 10.8. The summed E-state index contributed by atoms with van der Waals surface area (Å²) >= 11 is 19.4. The molecule has 0 spiro atoms. The van der Waals surface area contributed by atoms with Crippen molar-refractivity contribution in [3.8, 4) is 5.75 Å². The van der Waals surface area contributed by atoms with E-state index in [9.17, 15) is 9.59 Å². The fourth-order valence-corrected chi connectivity index (χ4v) is 4.05. The van der Waals surface area contributed by atoms with Gasteiger partial charge < -0.3 is 15.4 Å². The maximum absolute atomic E-state index is 12.4. The molecule has 5 nitrogen and oxygen atoms in total. The average molecular weight is 496 g/mol. The van der Waals surface area contributed by atoms with Gasteiger partial charge in [-0.2, -0.15) is 0 Å². The zero-order valence-electron chi connectivity index (χ0n) is 16.2. The van der Waals surface area contributed by atoms with Crippen molar-refractivity contribution in [2.24, 2.45) is 0 Å². The predicted molar refractivity (Wildman–Crippen MR) is 128 cm³/mol. The first-order valence-corrected chi connectivity index (χ1v) is 11.1. The second-order valence-corrected chi connectivity index (χ2v) is 8.59. The van der Waals surface area contributed by atoms with E-state index in [-0.39, 0.29) is 22.6 Å². The summed E-state index contributed by atoms with van der Waals surface area (Å²) in [6.45, 7) is 0. The molecule has 0 aliphatic carbocycles. The van der Waals surface area contributed by atoms with E-state index < -0.39 is 0 Å². The number of nitrogens with one attached hydrogen (secondary N) is 2. The van der Waals surface area contributed by atoms with Crippen LogP contribution < -0.4 is 15.4 Å². The molecule has 0 aliphatic rings. The van der Waals surface area contributed by atoms with E-state index in [0.717, 1.165) is 4.90 Å². The highest BCUT2D eigenvalue weighted by Crippen LogP contribution is 2.28. The van der Waals surface area contributed by atoms with Crippen LogP contribution in [-0.2, 0) is 4.79 Å². The Labute approximate surface area is 199 Å². The summed E-state index contributed by atoms with van der Waals surface area (Å²) in [5.74, 6) is 0.260. The number of hydrogen-bond donors (Lipinski definition) is 2. The van der Waals surface area contributed by atoms with Crippen LogP contribution in [0.2, 0.25) is 15.1 Å². The molecule has 0 atom stereocenters. The monoisotopic (exact) mass is 494 g/mol. The molecule has 160 valence electrons. The Hall–Kier alpha value is -2.38. The lowest BCUT2D eigenvalue weighted by Gasteiger charge is -2.09. The lowest BCUT2D eigenvalue weighted by molar-refractivity contribution is -0.113. The van der Waals surface area contributed by atoms with E-state index >= 15 is 0 Å². The van der Waals surface area contributed by atoms with Gasteiger partial charge in [0.25, 0.3) is 5.91 Å². The average Bonchev–Trinajstić information content (AvgIpc) is 2.73. The molecule has 0 fully saturated rings. The Morgan fingerprint density at radius 1 is 0.871 bits per heavy atom. The second-order valence-electron chi connectivity index (χ2n) is 6.29. The number of ether oxygens (including phenoxy) is 1. The Morgan fingerprint density at radius 2 is 1.58 bits per heavy atom. The molecule has 0 radical (unpaired) electrons. The maximum Gasteiger partial charge on any atom is 0.257 e. The van der Waals surface area contributed by atoms with Crippen LogP contribution in [0.4, 0.5) is 11.4 Å². The number of carbonyl (C=O) groups excluding carboxylic acids is 2. The summed E-state index contributed by atoms with van der Waals surface area (Å²) in [5, 5.41) is 6.73. The highest BCUT2D eigenvalue weighted by molar-refractivity contribution is 8.00. The number of carbonyl (C=O) groups is 2. The van der Waals surface area contributed by atoms with Gasteiger partial charge in [0.2, 0.25) is 5.91 Å². The van der Waals surface area contributed by atoms with Crippen LogP contribution in [0.1, 0.15) is 10.4 Å². The van der Waals surface area contributed by atoms with Crippen LogP contribution in [0.15, 0.2) is 65.6 Å². The Morgan fingerprint density at radius 3 is 2.23 bits per heavy atom. The molecule has 0 aliphatic heterocycles. The number of methoxy groups -OCH3 is 1. The summed E-state index contributed by atoms with van der Waals surface area (Å²) in [4.78, 5) is 25.4. The number of halogens is 3. The van der Waals surface area contributed by atoms with E-state index in [0.29, 0.717) is 32.7 Å². The predicted octanol–water partition coefficient (Wildman–Crippen LogP) is 6.64. The number of thioether (sulfide) groups is 1. The quantitative estimate of drug-likeness (QED) is 0.361. The van der Waals surface area contributed by atoms with Gasteiger partial charge in [-0.1, -0.05) is 34.8 Å². The third-order valence-corrected chi connectivity index (χ3v) is 5.95. The normalized spacial score (nSPS) is 10.5. The molecule has 3 aromatic rings. The van der Waals surface area contributed by atoms with Gasteiger partial charge in [0.15, 0.2) is 0 Å². The molecule has 0 saturated heterocycles. The van der Waals surface area contributed by atoms with Crippen molar-refractivity contribution in [2.45, 2.75) is 4.90 Å². The summed E-state index contributed by atoms with van der Waals surface area (Å²) < 4.78 is 5.09. The molecule has 0 unspecified atom stereocenters. The van der Waals surface area contributed by atoms with Crippen molar-refractivity contribution in [1.82, 2.24) is 0 Å². The van der Waals surface area contributed by atoms with Gasteiger partial charge in [-0.05, 0) is 60.7 Å². The van der Waals surface area contributed by atoms with E-state index in [2.05, 4.69) is 10.6 Å². The zero-order chi connectivity index (χ0) is 22.4. The number of hydrogen-bond acceptors (Lipinski definition) is 4. The van der Waals surface area contributed by atoms with Crippen molar-refractivity contribution in [3.63, 3.8) is 0 Å². The molecular weight excluding hydrogens is 479 g/mol. The van der Waals surface area contributed by atoms with Crippen molar-refractivity contribution < 1.29 is 14.3 Å². The third-order valence-electron chi connectivity index (χ3n) is 4.09. The smallest absolute Gasteiger partial charge is 0.257 e. The van der Waals surface area contributed by atoms with Crippen LogP contribution in [0.25, 0.3) is 0 Å². The first-order chi connectivity index (χ1) is 14.9. The van der Waals surface area contributed by atoms with Gasteiger partial charge in [0.1, 0.15) is 5.75 Å². The molecule has 2 N–H and O–H groups in total. The highest BCUT2D eigenvalue weighted by atomic mass is 35.5. The van der Waals surface area contributed by atoms with Crippen LogP contribution in [0.3, 0.4) is 0 Å². The molecule has 31 heavy (non-hydrogen) atoms. The minimum Gasteiger partial charge on any atom is -0.495 e. The zero-order valence-corrected chi connectivity index (χ0v) is 19.3. The van der Waals surface area contributed by atoms with E-state index in [4.69, 9.17) is 39.5 Å². The fraction of sp³-hybridized carbons (Fsp3) is 0.0909. The molecule has 0 saturated carbocycles. The van der Waals surface area contributed by atoms with Gasteiger partial charge in [-0.3, -0.25) is 9.59 Å². The topological polar surface area (TPSA) is 67.4 Å².